The molecule has 2 heterocycles. The number of fused-ring (bicyclic) bond motifs is 2. The quantitative estimate of drug-likeness (QED) is 0.352. The van der Waals surface area contributed by atoms with E-state index in [2.05, 4.69) is 9.97 Å². The van der Waals surface area contributed by atoms with E-state index in [1.54, 1.807) is 0 Å². The van der Waals surface area contributed by atoms with Gasteiger partial charge in [0, 0.05) is 21.9 Å². The van der Waals surface area contributed by atoms with Crippen molar-refractivity contribution in [2.75, 3.05) is 0 Å². The van der Waals surface area contributed by atoms with E-state index in [0.29, 0.717) is 21.2 Å². The Labute approximate surface area is 157 Å². The monoisotopic (exact) mass is 376 g/mol. The largest absolute Gasteiger partial charge is 0.298 e. The lowest BCUT2D eigenvalue weighted by atomic mass is 10.2. The molecule has 4 nitrogen and oxygen atoms in total. The van der Waals surface area contributed by atoms with Crippen LogP contribution in [-0.4, -0.2) is 22.5 Å². The van der Waals surface area contributed by atoms with Gasteiger partial charge in [-0.1, -0.05) is 36.4 Å². The van der Waals surface area contributed by atoms with Gasteiger partial charge in [-0.2, -0.15) is 0 Å². The number of aromatic nitrogens is 2. The van der Waals surface area contributed by atoms with Gasteiger partial charge in [-0.05, 0) is 45.9 Å². The molecule has 0 saturated carbocycles. The van der Waals surface area contributed by atoms with Gasteiger partial charge in [0.25, 0.3) is 0 Å². The molecule has 0 saturated heterocycles. The number of pyridine rings is 2. The van der Waals surface area contributed by atoms with Crippen LogP contribution in [0.25, 0.3) is 21.8 Å². The Morgan fingerprint density at radius 1 is 0.654 bits per heavy atom. The molecule has 0 aliphatic rings. The van der Waals surface area contributed by atoms with Crippen LogP contribution in [0.1, 0.15) is 20.7 Å². The topological polar surface area (TPSA) is 59.9 Å². The molecule has 4 rings (SSSR count). The summed E-state index contributed by atoms with van der Waals surface area (Å²) in [6.07, 6.45) is 1.60. The molecule has 0 amide bonds. The molecule has 6 heteroatoms. The SMILES string of the molecule is O=Cc1cc2ccccc2nc1SSc1nc2ccccc2cc1C=O. The molecule has 0 atom stereocenters. The number of hydrogen-bond acceptors (Lipinski definition) is 6. The van der Waals surface area contributed by atoms with Crippen molar-refractivity contribution in [3.05, 3.63) is 71.8 Å². The second-order valence-electron chi connectivity index (χ2n) is 5.55. The van der Waals surface area contributed by atoms with Crippen molar-refractivity contribution in [1.82, 2.24) is 9.97 Å². The Morgan fingerprint density at radius 2 is 1.08 bits per heavy atom. The Balaban J connectivity index is 1.70. The zero-order valence-corrected chi connectivity index (χ0v) is 15.1. The number of nitrogens with zero attached hydrogens (tertiary/aromatic N) is 2. The van der Waals surface area contributed by atoms with Crippen molar-refractivity contribution in [2.45, 2.75) is 10.1 Å². The number of benzene rings is 2. The summed E-state index contributed by atoms with van der Waals surface area (Å²) in [5, 5.41) is 3.05. The summed E-state index contributed by atoms with van der Waals surface area (Å²) < 4.78 is 0. The first-order chi connectivity index (χ1) is 12.8. The van der Waals surface area contributed by atoms with Crippen LogP contribution in [0.2, 0.25) is 0 Å². The Hall–Kier alpha value is -2.70. The third-order valence-corrected chi connectivity index (χ3v) is 6.14. The van der Waals surface area contributed by atoms with Crippen LogP contribution < -0.4 is 0 Å². The number of carbonyl (C=O) groups is 2. The lowest BCUT2D eigenvalue weighted by molar-refractivity contribution is 0.111. The van der Waals surface area contributed by atoms with Gasteiger partial charge in [-0.3, -0.25) is 9.59 Å². The van der Waals surface area contributed by atoms with Gasteiger partial charge in [-0.25, -0.2) is 9.97 Å². The van der Waals surface area contributed by atoms with E-state index in [4.69, 9.17) is 0 Å². The van der Waals surface area contributed by atoms with Crippen molar-refractivity contribution in [3.8, 4) is 0 Å². The van der Waals surface area contributed by atoms with Crippen molar-refractivity contribution >= 4 is 56.0 Å². The van der Waals surface area contributed by atoms with E-state index in [-0.39, 0.29) is 0 Å². The number of carbonyl (C=O) groups excluding carboxylic acids is 2. The zero-order valence-electron chi connectivity index (χ0n) is 13.5. The molecular weight excluding hydrogens is 364 g/mol. The minimum absolute atomic E-state index is 0.523. The lowest BCUT2D eigenvalue weighted by Crippen LogP contribution is -1.92. The Kier molecular flexibility index (Phi) is 4.69. The second kappa shape index (κ2) is 7.27. The molecule has 0 N–H and O–H groups in total. The van der Waals surface area contributed by atoms with Gasteiger partial charge in [-0.15, -0.1) is 0 Å². The molecule has 2 aromatic carbocycles. The molecule has 0 aliphatic carbocycles. The van der Waals surface area contributed by atoms with Gasteiger partial charge in [0.05, 0.1) is 11.0 Å². The zero-order chi connectivity index (χ0) is 17.9. The minimum atomic E-state index is 0.523. The van der Waals surface area contributed by atoms with Gasteiger partial charge in [0.2, 0.25) is 0 Å². The van der Waals surface area contributed by atoms with Crippen LogP contribution in [0.3, 0.4) is 0 Å². The number of aldehydes is 2. The van der Waals surface area contributed by atoms with Crippen molar-refractivity contribution in [3.63, 3.8) is 0 Å². The number of rotatable bonds is 5. The van der Waals surface area contributed by atoms with Crippen molar-refractivity contribution < 1.29 is 9.59 Å². The molecular formula is C20H12N2O2S2. The first-order valence-corrected chi connectivity index (χ1v) is 9.98. The molecule has 4 aromatic rings. The average Bonchev–Trinajstić information content (AvgIpc) is 2.70. The number of para-hydroxylation sites is 2. The molecule has 2 aromatic heterocycles. The van der Waals surface area contributed by atoms with Gasteiger partial charge in [0.1, 0.15) is 10.1 Å². The van der Waals surface area contributed by atoms with Crippen LogP contribution in [-0.2, 0) is 0 Å². The van der Waals surface area contributed by atoms with Gasteiger partial charge >= 0.3 is 0 Å². The van der Waals surface area contributed by atoms with E-state index >= 15 is 0 Å². The summed E-state index contributed by atoms with van der Waals surface area (Å²) in [7, 11) is 2.66. The molecule has 0 aliphatic heterocycles. The van der Waals surface area contributed by atoms with E-state index in [1.165, 1.54) is 21.6 Å². The Bertz CT molecular complexity index is 1050. The average molecular weight is 376 g/mol. The predicted octanol–water partition coefficient (Wildman–Crippen LogP) is 5.21. The van der Waals surface area contributed by atoms with Crippen molar-refractivity contribution in [2.24, 2.45) is 0 Å². The minimum Gasteiger partial charge on any atom is -0.298 e. The predicted molar refractivity (Wildman–Crippen MR) is 106 cm³/mol. The lowest BCUT2D eigenvalue weighted by Gasteiger charge is -2.08. The van der Waals surface area contributed by atoms with E-state index < -0.39 is 0 Å². The highest BCUT2D eigenvalue weighted by Gasteiger charge is 2.12. The van der Waals surface area contributed by atoms with E-state index in [1.807, 2.05) is 60.7 Å². The van der Waals surface area contributed by atoms with Crippen LogP contribution in [0.5, 0.6) is 0 Å². The third-order valence-electron chi connectivity index (χ3n) is 3.89. The summed E-state index contributed by atoms with van der Waals surface area (Å²) in [5.41, 5.74) is 2.69. The fourth-order valence-corrected chi connectivity index (χ4v) is 4.72. The maximum absolute atomic E-state index is 11.4. The summed E-state index contributed by atoms with van der Waals surface area (Å²) in [5.74, 6) is 0. The first kappa shape index (κ1) is 16.8. The Morgan fingerprint density at radius 3 is 1.50 bits per heavy atom. The summed E-state index contributed by atoms with van der Waals surface area (Å²) in [4.78, 5) is 32.0. The fourth-order valence-electron chi connectivity index (χ4n) is 2.61. The molecule has 26 heavy (non-hydrogen) atoms. The third kappa shape index (κ3) is 3.21. The van der Waals surface area contributed by atoms with Crippen molar-refractivity contribution in [1.29, 1.82) is 0 Å². The fraction of sp³-hybridized carbons (Fsp3) is 0. The molecule has 0 unspecified atom stereocenters. The summed E-state index contributed by atoms with van der Waals surface area (Å²) in [6.45, 7) is 0. The normalized spacial score (nSPS) is 10.9. The van der Waals surface area contributed by atoms with Gasteiger partial charge in [0.15, 0.2) is 12.6 Å². The molecule has 0 spiro atoms. The standard InChI is InChI=1S/C20H12N2O2S2/c23-11-15-9-13-5-1-3-7-17(13)21-19(15)25-26-20-16(12-24)10-14-6-2-4-8-18(14)22-20/h1-12H. The van der Waals surface area contributed by atoms with Crippen LogP contribution >= 0.6 is 21.6 Å². The summed E-state index contributed by atoms with van der Waals surface area (Å²) in [6, 6.07) is 19.0. The van der Waals surface area contributed by atoms with Crippen LogP contribution in [0.4, 0.5) is 0 Å². The maximum Gasteiger partial charge on any atom is 0.152 e. The highest BCUT2D eigenvalue weighted by Crippen LogP contribution is 2.39. The van der Waals surface area contributed by atoms with E-state index in [9.17, 15) is 9.59 Å². The highest BCUT2D eigenvalue weighted by molar-refractivity contribution is 8.76. The highest BCUT2D eigenvalue weighted by atomic mass is 33.1. The number of hydrogen-bond donors (Lipinski definition) is 0. The molecule has 0 fully saturated rings. The summed E-state index contributed by atoms with van der Waals surface area (Å²) >= 11 is 0. The second-order valence-corrected chi connectivity index (χ2v) is 7.66. The molecule has 126 valence electrons. The smallest absolute Gasteiger partial charge is 0.152 e. The first-order valence-electron chi connectivity index (χ1n) is 7.83. The maximum atomic E-state index is 11.4. The van der Waals surface area contributed by atoms with Gasteiger partial charge < -0.3 is 0 Å². The van der Waals surface area contributed by atoms with Crippen LogP contribution in [0, 0.1) is 0 Å². The molecule has 0 radical (unpaired) electrons. The van der Waals surface area contributed by atoms with E-state index in [0.717, 1.165) is 34.4 Å². The molecule has 0 bridgehead atoms. The van der Waals surface area contributed by atoms with Crippen LogP contribution in [0.15, 0.2) is 70.7 Å².